The molecule has 0 spiro atoms. The predicted molar refractivity (Wildman–Crippen MR) is 334 cm³/mol. The zero-order chi connectivity index (χ0) is 55.7. The van der Waals surface area contributed by atoms with E-state index < -0.39 is 6.10 Å². The molecule has 0 amide bonds. The normalized spacial score (nSPS) is 12.7. The van der Waals surface area contributed by atoms with Crippen LogP contribution in [0.3, 0.4) is 0 Å². The first-order valence-electron chi connectivity index (χ1n) is 32.7. The number of carbonyl (C=O) groups excluding carboxylic acids is 3. The van der Waals surface area contributed by atoms with Crippen molar-refractivity contribution in [2.24, 2.45) is 0 Å². The Labute approximate surface area is 477 Å². The summed E-state index contributed by atoms with van der Waals surface area (Å²) in [6.07, 6.45) is 87.3. The second kappa shape index (κ2) is 64.9. The smallest absolute Gasteiger partial charge is 0.306 e. The van der Waals surface area contributed by atoms with E-state index in [1.54, 1.807) is 0 Å². The molecule has 0 N–H and O–H groups in total. The number of rotatable bonds is 59. The standard InChI is InChI=1S/C71H122O6/c1-4-7-10-13-16-18-20-22-24-26-28-30-32-34-35-37-38-40-42-44-46-48-50-52-55-58-61-64-70(73)76-67-68(66-75-69(72)63-60-57-54-15-12-9-6-3)77-71(74)65-62-59-56-53-51-49-47-45-43-41-39-36-33-31-29-27-25-23-21-19-17-14-11-8-5-2/h7,10,16,18,21-24,27-30,33-36,68H,4-6,8-9,11-15,17,19-20,25-26,31-32,37-67H2,1-3H3/b10-7-,18-16-,23-21-,24-22-,29-27-,30-28-,35-34-,36-33-. The van der Waals surface area contributed by atoms with Gasteiger partial charge in [0.15, 0.2) is 6.10 Å². The van der Waals surface area contributed by atoms with Crippen molar-refractivity contribution in [3.63, 3.8) is 0 Å². The molecule has 442 valence electrons. The minimum atomic E-state index is -0.779. The zero-order valence-corrected chi connectivity index (χ0v) is 50.7. The van der Waals surface area contributed by atoms with Crippen LogP contribution in [0.25, 0.3) is 0 Å². The Kier molecular flexibility index (Phi) is 61.8. The Hall–Kier alpha value is -3.67. The van der Waals surface area contributed by atoms with Crippen LogP contribution in [0.5, 0.6) is 0 Å². The highest BCUT2D eigenvalue weighted by Crippen LogP contribution is 2.16. The fourth-order valence-electron chi connectivity index (χ4n) is 9.18. The van der Waals surface area contributed by atoms with E-state index in [4.69, 9.17) is 14.2 Å². The molecule has 0 fully saturated rings. The molecule has 0 aliphatic heterocycles. The van der Waals surface area contributed by atoms with E-state index in [2.05, 4.69) is 118 Å². The summed E-state index contributed by atoms with van der Waals surface area (Å²) in [7, 11) is 0. The maximum atomic E-state index is 12.9. The molecule has 0 aliphatic rings. The van der Waals surface area contributed by atoms with Crippen LogP contribution in [0.4, 0.5) is 0 Å². The van der Waals surface area contributed by atoms with Crippen molar-refractivity contribution in [1.29, 1.82) is 0 Å². The summed E-state index contributed by atoms with van der Waals surface area (Å²) in [5.41, 5.74) is 0. The average molecular weight is 1070 g/mol. The van der Waals surface area contributed by atoms with Crippen molar-refractivity contribution < 1.29 is 28.6 Å². The van der Waals surface area contributed by atoms with Gasteiger partial charge in [0.25, 0.3) is 0 Å². The molecule has 0 aromatic carbocycles. The van der Waals surface area contributed by atoms with Crippen molar-refractivity contribution >= 4 is 17.9 Å². The summed E-state index contributed by atoms with van der Waals surface area (Å²) >= 11 is 0. The van der Waals surface area contributed by atoms with Crippen LogP contribution < -0.4 is 0 Å². The molecule has 6 nitrogen and oxygen atoms in total. The van der Waals surface area contributed by atoms with E-state index >= 15 is 0 Å². The fourth-order valence-corrected chi connectivity index (χ4v) is 9.18. The SMILES string of the molecule is CC/C=C\C/C=C\C/C=C\C/C=C\C/C=C\CCCCCCCCCCCCCC(=O)OCC(COC(=O)CCCCCCCCC)OC(=O)CCCCCCCCCCCC/C=C\C/C=C\C/C=C\CCCCCCC. The maximum absolute atomic E-state index is 12.9. The van der Waals surface area contributed by atoms with E-state index in [9.17, 15) is 14.4 Å². The van der Waals surface area contributed by atoms with Crippen LogP contribution in [0, 0.1) is 0 Å². The second-order valence-corrected chi connectivity index (χ2v) is 21.6. The molecule has 0 rings (SSSR count). The van der Waals surface area contributed by atoms with Crippen LogP contribution in [-0.2, 0) is 28.6 Å². The summed E-state index contributed by atoms with van der Waals surface area (Å²) in [4.78, 5) is 38.1. The summed E-state index contributed by atoms with van der Waals surface area (Å²) in [5.74, 6) is -0.882. The quantitative estimate of drug-likeness (QED) is 0.0261. The average Bonchev–Trinajstić information content (AvgIpc) is 3.43. The Morgan fingerprint density at radius 2 is 0.506 bits per heavy atom. The minimum absolute atomic E-state index is 0.0780. The maximum Gasteiger partial charge on any atom is 0.306 e. The molecule has 0 aromatic rings. The molecule has 0 heterocycles. The van der Waals surface area contributed by atoms with Gasteiger partial charge in [0, 0.05) is 19.3 Å². The van der Waals surface area contributed by atoms with Crippen LogP contribution in [-0.4, -0.2) is 37.2 Å². The highest BCUT2D eigenvalue weighted by atomic mass is 16.6. The lowest BCUT2D eigenvalue weighted by molar-refractivity contribution is -0.167. The van der Waals surface area contributed by atoms with Gasteiger partial charge in [0.05, 0.1) is 0 Å². The first-order chi connectivity index (χ1) is 38.0. The lowest BCUT2D eigenvalue weighted by atomic mass is 10.0. The molecule has 0 saturated carbocycles. The third-order valence-corrected chi connectivity index (χ3v) is 14.1. The number of hydrogen-bond donors (Lipinski definition) is 0. The molecular formula is C71H122O6. The van der Waals surface area contributed by atoms with Crippen LogP contribution >= 0.6 is 0 Å². The Morgan fingerprint density at radius 3 is 0.792 bits per heavy atom. The molecule has 1 unspecified atom stereocenters. The van der Waals surface area contributed by atoms with Crippen LogP contribution in [0.15, 0.2) is 97.2 Å². The van der Waals surface area contributed by atoms with Gasteiger partial charge in [-0.2, -0.15) is 0 Å². The summed E-state index contributed by atoms with van der Waals surface area (Å²) in [6.45, 7) is 6.49. The van der Waals surface area contributed by atoms with E-state index in [1.165, 1.54) is 173 Å². The third kappa shape index (κ3) is 63.0. The molecule has 1 atom stereocenters. The van der Waals surface area contributed by atoms with Gasteiger partial charge < -0.3 is 14.2 Å². The minimum Gasteiger partial charge on any atom is -0.462 e. The van der Waals surface area contributed by atoms with Gasteiger partial charge in [-0.25, -0.2) is 0 Å². The number of allylic oxidation sites excluding steroid dienone is 16. The Bertz CT molecular complexity index is 1510. The molecule has 6 heteroatoms. The fraction of sp³-hybridized carbons (Fsp3) is 0.732. The Balaban J connectivity index is 4.14. The highest BCUT2D eigenvalue weighted by Gasteiger charge is 2.19. The third-order valence-electron chi connectivity index (χ3n) is 14.1. The highest BCUT2D eigenvalue weighted by molar-refractivity contribution is 5.71. The molecule has 0 aromatic heterocycles. The van der Waals surface area contributed by atoms with E-state index in [0.717, 1.165) is 103 Å². The lowest BCUT2D eigenvalue weighted by Crippen LogP contribution is -2.30. The summed E-state index contributed by atoms with van der Waals surface area (Å²) < 4.78 is 16.9. The number of unbranched alkanes of at least 4 members (excludes halogenated alkanes) is 32. The van der Waals surface area contributed by atoms with Crippen molar-refractivity contribution in [2.75, 3.05) is 13.2 Å². The number of hydrogen-bond acceptors (Lipinski definition) is 6. The van der Waals surface area contributed by atoms with Crippen molar-refractivity contribution in [2.45, 2.75) is 322 Å². The van der Waals surface area contributed by atoms with Gasteiger partial charge in [-0.15, -0.1) is 0 Å². The molecule has 0 bridgehead atoms. The molecule has 0 aliphatic carbocycles. The van der Waals surface area contributed by atoms with Crippen molar-refractivity contribution in [3.05, 3.63) is 97.2 Å². The summed E-state index contributed by atoms with van der Waals surface area (Å²) in [6, 6.07) is 0. The van der Waals surface area contributed by atoms with Gasteiger partial charge in [-0.3, -0.25) is 14.4 Å². The second-order valence-electron chi connectivity index (χ2n) is 21.6. The monoisotopic (exact) mass is 1070 g/mol. The lowest BCUT2D eigenvalue weighted by Gasteiger charge is -2.18. The van der Waals surface area contributed by atoms with Gasteiger partial charge >= 0.3 is 17.9 Å². The van der Waals surface area contributed by atoms with Gasteiger partial charge in [-0.1, -0.05) is 291 Å². The zero-order valence-electron chi connectivity index (χ0n) is 50.7. The molecular weight excluding hydrogens is 949 g/mol. The van der Waals surface area contributed by atoms with E-state index in [-0.39, 0.29) is 31.1 Å². The predicted octanol–water partition coefficient (Wildman–Crippen LogP) is 22.4. The largest absolute Gasteiger partial charge is 0.462 e. The van der Waals surface area contributed by atoms with Gasteiger partial charge in [0.2, 0.25) is 0 Å². The number of carbonyl (C=O) groups is 3. The molecule has 0 saturated heterocycles. The van der Waals surface area contributed by atoms with E-state index in [1.807, 2.05) is 0 Å². The van der Waals surface area contributed by atoms with Crippen LogP contribution in [0.1, 0.15) is 316 Å². The number of ether oxygens (including phenoxy) is 3. The molecule has 77 heavy (non-hydrogen) atoms. The topological polar surface area (TPSA) is 78.9 Å². The molecule has 0 radical (unpaired) electrons. The van der Waals surface area contributed by atoms with Crippen molar-refractivity contribution in [1.82, 2.24) is 0 Å². The Morgan fingerprint density at radius 1 is 0.273 bits per heavy atom. The van der Waals surface area contributed by atoms with E-state index in [0.29, 0.717) is 19.3 Å². The number of esters is 3. The van der Waals surface area contributed by atoms with Crippen molar-refractivity contribution in [3.8, 4) is 0 Å². The summed E-state index contributed by atoms with van der Waals surface area (Å²) in [5, 5.41) is 0. The first kappa shape index (κ1) is 73.3. The van der Waals surface area contributed by atoms with Gasteiger partial charge in [0.1, 0.15) is 13.2 Å². The van der Waals surface area contributed by atoms with Crippen LogP contribution in [0.2, 0.25) is 0 Å². The first-order valence-corrected chi connectivity index (χ1v) is 32.7. The van der Waals surface area contributed by atoms with Gasteiger partial charge in [-0.05, 0) is 103 Å².